The highest BCUT2D eigenvalue weighted by atomic mass is 16.5. The van der Waals surface area contributed by atoms with E-state index in [9.17, 15) is 9.90 Å². The van der Waals surface area contributed by atoms with E-state index in [0.717, 1.165) is 19.3 Å². The zero-order chi connectivity index (χ0) is 18.1. The molecule has 6 atom stereocenters. The van der Waals surface area contributed by atoms with Gasteiger partial charge >= 0.3 is 5.97 Å². The highest BCUT2D eigenvalue weighted by Crippen LogP contribution is 2.61. The SMILES string of the molecule is COC(=O)CC(C)CC[C@@]1(C)[C@H](C)CC[C@@]2(C)C(C)=C[C@H](O)C[C@H]12. The summed E-state index contributed by atoms with van der Waals surface area (Å²) in [4.78, 5) is 11.5. The van der Waals surface area contributed by atoms with Gasteiger partial charge in [-0.2, -0.15) is 0 Å². The predicted octanol–water partition coefficient (Wildman–Crippen LogP) is 4.74. The van der Waals surface area contributed by atoms with Crippen molar-refractivity contribution in [3.63, 3.8) is 0 Å². The van der Waals surface area contributed by atoms with Gasteiger partial charge in [-0.05, 0) is 67.6 Å². The fraction of sp³-hybridized carbons (Fsp3) is 0.857. The molecular formula is C21H36O3. The van der Waals surface area contributed by atoms with Gasteiger partial charge in [-0.15, -0.1) is 0 Å². The summed E-state index contributed by atoms with van der Waals surface area (Å²) in [5.41, 5.74) is 1.80. The molecule has 0 aliphatic heterocycles. The van der Waals surface area contributed by atoms with Crippen LogP contribution in [0.3, 0.4) is 0 Å². The van der Waals surface area contributed by atoms with Gasteiger partial charge in [0, 0.05) is 6.42 Å². The number of esters is 1. The van der Waals surface area contributed by atoms with Gasteiger partial charge in [0.1, 0.15) is 0 Å². The fourth-order valence-electron chi connectivity index (χ4n) is 5.33. The van der Waals surface area contributed by atoms with Gasteiger partial charge < -0.3 is 9.84 Å². The Kier molecular flexibility index (Phi) is 5.84. The Morgan fingerprint density at radius 2 is 2.12 bits per heavy atom. The molecule has 1 fully saturated rings. The maximum absolute atomic E-state index is 11.5. The van der Waals surface area contributed by atoms with Gasteiger partial charge in [-0.3, -0.25) is 4.79 Å². The van der Waals surface area contributed by atoms with E-state index in [0.29, 0.717) is 24.2 Å². The van der Waals surface area contributed by atoms with E-state index in [4.69, 9.17) is 4.74 Å². The zero-order valence-corrected chi connectivity index (χ0v) is 16.4. The first kappa shape index (κ1) is 19.5. The van der Waals surface area contributed by atoms with Gasteiger partial charge in [-0.1, -0.05) is 39.3 Å². The summed E-state index contributed by atoms with van der Waals surface area (Å²) in [6, 6.07) is 0. The number of carbonyl (C=O) groups is 1. The predicted molar refractivity (Wildman–Crippen MR) is 97.5 cm³/mol. The molecule has 2 aliphatic carbocycles. The molecule has 1 N–H and O–H groups in total. The van der Waals surface area contributed by atoms with Crippen molar-refractivity contribution in [2.45, 2.75) is 79.2 Å². The molecule has 1 saturated carbocycles. The van der Waals surface area contributed by atoms with Crippen LogP contribution in [0.4, 0.5) is 0 Å². The molecule has 24 heavy (non-hydrogen) atoms. The van der Waals surface area contributed by atoms with Gasteiger partial charge in [0.15, 0.2) is 0 Å². The van der Waals surface area contributed by atoms with Crippen LogP contribution in [0.1, 0.15) is 73.1 Å². The van der Waals surface area contributed by atoms with Crippen LogP contribution >= 0.6 is 0 Å². The molecule has 0 bridgehead atoms. The van der Waals surface area contributed by atoms with Gasteiger partial charge in [0.05, 0.1) is 13.2 Å². The Balaban J connectivity index is 2.16. The summed E-state index contributed by atoms with van der Waals surface area (Å²) < 4.78 is 4.81. The molecule has 3 nitrogen and oxygen atoms in total. The molecule has 0 amide bonds. The van der Waals surface area contributed by atoms with E-state index in [2.05, 4.69) is 40.7 Å². The normalized spacial score (nSPS) is 40.5. The first-order chi connectivity index (χ1) is 11.1. The van der Waals surface area contributed by atoms with Crippen LogP contribution in [0.25, 0.3) is 0 Å². The second kappa shape index (κ2) is 7.19. The van der Waals surface area contributed by atoms with Crippen molar-refractivity contribution in [3.8, 4) is 0 Å². The summed E-state index contributed by atoms with van der Waals surface area (Å²) in [5.74, 6) is 1.40. The lowest BCUT2D eigenvalue weighted by atomic mass is 9.46. The second-order valence-electron chi connectivity index (χ2n) is 8.99. The van der Waals surface area contributed by atoms with Crippen molar-refractivity contribution in [2.75, 3.05) is 7.11 Å². The molecule has 0 heterocycles. The topological polar surface area (TPSA) is 46.5 Å². The number of ether oxygens (including phenoxy) is 1. The lowest BCUT2D eigenvalue weighted by Gasteiger charge is -2.58. The van der Waals surface area contributed by atoms with Gasteiger partial charge in [0.25, 0.3) is 0 Å². The average Bonchev–Trinajstić information content (AvgIpc) is 2.52. The summed E-state index contributed by atoms with van der Waals surface area (Å²) in [7, 11) is 1.46. The molecule has 0 radical (unpaired) electrons. The fourth-order valence-corrected chi connectivity index (χ4v) is 5.33. The number of fused-ring (bicyclic) bond motifs is 1. The van der Waals surface area contributed by atoms with Crippen LogP contribution in [0, 0.1) is 28.6 Å². The molecule has 0 saturated heterocycles. The zero-order valence-electron chi connectivity index (χ0n) is 16.4. The monoisotopic (exact) mass is 336 g/mol. The van der Waals surface area contributed by atoms with Crippen molar-refractivity contribution in [1.82, 2.24) is 0 Å². The Morgan fingerprint density at radius 3 is 2.75 bits per heavy atom. The van der Waals surface area contributed by atoms with Crippen molar-refractivity contribution in [3.05, 3.63) is 11.6 Å². The third-order valence-corrected chi connectivity index (χ3v) is 7.53. The molecule has 138 valence electrons. The number of carbonyl (C=O) groups excluding carboxylic acids is 1. The number of aliphatic hydroxyl groups is 1. The number of aliphatic hydroxyl groups excluding tert-OH is 1. The highest BCUT2D eigenvalue weighted by Gasteiger charge is 2.54. The van der Waals surface area contributed by atoms with E-state index in [1.807, 2.05) is 0 Å². The molecule has 0 aromatic rings. The van der Waals surface area contributed by atoms with Crippen LogP contribution in [-0.4, -0.2) is 24.3 Å². The third-order valence-electron chi connectivity index (χ3n) is 7.53. The van der Waals surface area contributed by atoms with Gasteiger partial charge in [-0.25, -0.2) is 0 Å². The Bertz CT molecular complexity index is 497. The largest absolute Gasteiger partial charge is 0.469 e. The summed E-state index contributed by atoms with van der Waals surface area (Å²) >= 11 is 0. The van der Waals surface area contributed by atoms with Gasteiger partial charge in [0.2, 0.25) is 0 Å². The van der Waals surface area contributed by atoms with Crippen molar-refractivity contribution < 1.29 is 14.6 Å². The molecule has 0 spiro atoms. The maximum atomic E-state index is 11.5. The minimum atomic E-state index is -0.305. The minimum Gasteiger partial charge on any atom is -0.469 e. The number of rotatable bonds is 5. The van der Waals surface area contributed by atoms with Crippen LogP contribution in [0.15, 0.2) is 11.6 Å². The summed E-state index contributed by atoms with van der Waals surface area (Å²) in [6.07, 6.45) is 7.78. The Hall–Kier alpha value is -0.830. The van der Waals surface area contributed by atoms with E-state index in [1.165, 1.54) is 25.5 Å². The molecule has 3 heteroatoms. The Labute approximate surface area is 147 Å². The standard InChI is InChI=1S/C21H36O3/c1-14(11-19(23)24-6)7-9-20(4)15(2)8-10-21(5)16(3)12-17(22)13-18(20)21/h12,14-15,17-18,22H,7-11,13H2,1-6H3/t14?,15-,17+,18-,20+,21+/m1/s1. The second-order valence-corrected chi connectivity index (χ2v) is 8.99. The quantitative estimate of drug-likeness (QED) is 0.583. The number of hydrogen-bond acceptors (Lipinski definition) is 3. The third kappa shape index (κ3) is 3.56. The maximum Gasteiger partial charge on any atom is 0.305 e. The van der Waals surface area contributed by atoms with E-state index in [1.54, 1.807) is 0 Å². The molecule has 0 aromatic heterocycles. The van der Waals surface area contributed by atoms with Crippen molar-refractivity contribution >= 4 is 5.97 Å². The smallest absolute Gasteiger partial charge is 0.305 e. The molecule has 2 rings (SSSR count). The Morgan fingerprint density at radius 1 is 1.46 bits per heavy atom. The van der Waals surface area contributed by atoms with E-state index >= 15 is 0 Å². The highest BCUT2D eigenvalue weighted by molar-refractivity contribution is 5.69. The summed E-state index contributed by atoms with van der Waals surface area (Å²) in [6.45, 7) is 11.6. The number of methoxy groups -OCH3 is 1. The van der Waals surface area contributed by atoms with Crippen LogP contribution in [0.2, 0.25) is 0 Å². The molecule has 2 aliphatic rings. The molecule has 0 aromatic carbocycles. The average molecular weight is 337 g/mol. The van der Waals surface area contributed by atoms with Crippen LogP contribution < -0.4 is 0 Å². The van der Waals surface area contributed by atoms with Crippen LogP contribution in [-0.2, 0) is 9.53 Å². The van der Waals surface area contributed by atoms with Crippen molar-refractivity contribution in [1.29, 1.82) is 0 Å². The molecular weight excluding hydrogens is 300 g/mol. The lowest BCUT2D eigenvalue weighted by Crippen LogP contribution is -2.51. The number of hydrogen-bond donors (Lipinski definition) is 1. The van der Waals surface area contributed by atoms with E-state index < -0.39 is 0 Å². The lowest BCUT2D eigenvalue weighted by molar-refractivity contribution is -0.141. The molecule has 1 unspecified atom stereocenters. The van der Waals surface area contributed by atoms with Crippen molar-refractivity contribution in [2.24, 2.45) is 28.6 Å². The van der Waals surface area contributed by atoms with Crippen LogP contribution in [0.5, 0.6) is 0 Å². The van der Waals surface area contributed by atoms with E-state index in [-0.39, 0.29) is 22.9 Å². The minimum absolute atomic E-state index is 0.110. The first-order valence-electron chi connectivity index (χ1n) is 9.57. The summed E-state index contributed by atoms with van der Waals surface area (Å²) in [5, 5.41) is 10.3. The number of allylic oxidation sites excluding steroid dienone is 1. The first-order valence-corrected chi connectivity index (χ1v) is 9.57.